The van der Waals surface area contributed by atoms with Crippen molar-refractivity contribution in [2.24, 2.45) is 5.41 Å². The van der Waals surface area contributed by atoms with Crippen LogP contribution >= 0.6 is 67.8 Å². The summed E-state index contributed by atoms with van der Waals surface area (Å²) in [6.07, 6.45) is 0.594. The first kappa shape index (κ1) is 14.6. The topological polar surface area (TPSA) is 29.5 Å². The molecule has 17 heavy (non-hydrogen) atoms. The summed E-state index contributed by atoms with van der Waals surface area (Å²) in [6.45, 7) is 4.11. The Morgan fingerprint density at radius 1 is 1.24 bits per heavy atom. The molecule has 2 rings (SSSR count). The van der Waals surface area contributed by atoms with E-state index in [0.717, 1.165) is 19.3 Å². The fourth-order valence-corrected chi connectivity index (χ4v) is 5.69. The van der Waals surface area contributed by atoms with Crippen molar-refractivity contribution in [3.05, 3.63) is 22.8 Å². The van der Waals surface area contributed by atoms with Crippen molar-refractivity contribution >= 4 is 67.8 Å². The van der Waals surface area contributed by atoms with Gasteiger partial charge in [0.15, 0.2) is 0 Å². The zero-order valence-corrected chi connectivity index (χ0v) is 16.0. The first-order chi connectivity index (χ1) is 7.82. The van der Waals surface area contributed by atoms with Crippen molar-refractivity contribution in [1.29, 1.82) is 0 Å². The Hall–Kier alpha value is 1.17. The summed E-state index contributed by atoms with van der Waals surface area (Å²) < 4.78 is 9.56. The molecule has 1 aliphatic carbocycles. The lowest BCUT2D eigenvalue weighted by Crippen LogP contribution is -2.56. The van der Waals surface area contributed by atoms with Gasteiger partial charge in [0, 0.05) is 15.4 Å². The predicted octanol–water partition coefficient (Wildman–Crippen LogP) is 4.04. The summed E-state index contributed by atoms with van der Waals surface area (Å²) in [5.41, 5.74) is -0.144. The average Bonchev–Trinajstić information content (AvgIpc) is 2.21. The lowest BCUT2D eigenvalue weighted by molar-refractivity contribution is -0.135. The monoisotopic (exact) mass is 570 g/mol. The Morgan fingerprint density at radius 2 is 1.76 bits per heavy atom. The number of aliphatic hydroxyl groups excluding tert-OH is 1. The largest absolute Gasteiger partial charge is 0.487 e. The van der Waals surface area contributed by atoms with Gasteiger partial charge in [-0.05, 0) is 79.9 Å². The third kappa shape index (κ3) is 2.86. The van der Waals surface area contributed by atoms with E-state index in [9.17, 15) is 5.11 Å². The van der Waals surface area contributed by atoms with Crippen LogP contribution in [0.2, 0.25) is 0 Å². The van der Waals surface area contributed by atoms with Crippen LogP contribution in [0.25, 0.3) is 0 Å². The van der Waals surface area contributed by atoms with Gasteiger partial charge < -0.3 is 9.84 Å². The summed E-state index contributed by atoms with van der Waals surface area (Å²) in [6, 6.07) is 4.22. The van der Waals surface area contributed by atoms with Gasteiger partial charge in [-0.15, -0.1) is 0 Å². The van der Waals surface area contributed by atoms with E-state index in [-0.39, 0.29) is 17.6 Å². The molecule has 2 unspecified atom stereocenters. The quantitative estimate of drug-likeness (QED) is 0.545. The first-order valence-corrected chi connectivity index (χ1v) is 8.55. The standard InChI is InChI=1S/C12H13I3O2/c1-12(2)9(16)5-10(12)17-11-7(14)3-6(13)4-8(11)15/h3-4,9-10,16H,5H2,1-2H3. The van der Waals surface area contributed by atoms with Gasteiger partial charge in [0.05, 0.1) is 13.2 Å². The molecule has 2 atom stereocenters. The molecule has 1 aromatic rings. The predicted molar refractivity (Wildman–Crippen MR) is 93.4 cm³/mol. The van der Waals surface area contributed by atoms with Crippen LogP contribution in [-0.4, -0.2) is 17.3 Å². The highest BCUT2D eigenvalue weighted by Crippen LogP contribution is 2.44. The third-order valence-electron chi connectivity index (χ3n) is 3.35. The summed E-state index contributed by atoms with van der Waals surface area (Å²) in [7, 11) is 0. The van der Waals surface area contributed by atoms with Crippen molar-refractivity contribution in [3.8, 4) is 5.75 Å². The van der Waals surface area contributed by atoms with Crippen LogP contribution in [0.1, 0.15) is 20.3 Å². The molecule has 5 heteroatoms. The van der Waals surface area contributed by atoms with Gasteiger partial charge in [0.2, 0.25) is 0 Å². The van der Waals surface area contributed by atoms with Gasteiger partial charge in [-0.25, -0.2) is 0 Å². The maximum Gasteiger partial charge on any atom is 0.146 e. The smallest absolute Gasteiger partial charge is 0.146 e. The SMILES string of the molecule is CC1(C)C(O)CC1Oc1c(I)cc(I)cc1I. The number of benzene rings is 1. The molecular formula is C12H13I3O2. The van der Waals surface area contributed by atoms with Gasteiger partial charge >= 0.3 is 0 Å². The van der Waals surface area contributed by atoms with E-state index in [1.807, 2.05) is 0 Å². The van der Waals surface area contributed by atoms with E-state index < -0.39 is 0 Å². The van der Waals surface area contributed by atoms with Crippen LogP contribution in [0.5, 0.6) is 5.75 Å². The van der Waals surface area contributed by atoms with Crippen LogP contribution < -0.4 is 4.74 Å². The normalized spacial score (nSPS) is 26.5. The molecule has 1 aromatic carbocycles. The number of ether oxygens (including phenoxy) is 1. The molecule has 0 saturated heterocycles. The van der Waals surface area contributed by atoms with Gasteiger partial charge in [-0.3, -0.25) is 0 Å². The maximum absolute atomic E-state index is 9.72. The molecule has 1 N–H and O–H groups in total. The lowest BCUT2D eigenvalue weighted by Gasteiger charge is -2.48. The maximum atomic E-state index is 9.72. The Balaban J connectivity index is 2.21. The highest BCUT2D eigenvalue weighted by Gasteiger charge is 2.49. The minimum atomic E-state index is -0.244. The zero-order chi connectivity index (χ0) is 12.8. The summed E-state index contributed by atoms with van der Waals surface area (Å²) in [5, 5.41) is 9.72. The molecular weight excluding hydrogens is 557 g/mol. The molecule has 0 bridgehead atoms. The van der Waals surface area contributed by atoms with E-state index in [1.54, 1.807) is 0 Å². The molecule has 0 heterocycles. The second-order valence-corrected chi connectivity index (χ2v) is 8.45. The van der Waals surface area contributed by atoms with Gasteiger partial charge in [-0.2, -0.15) is 0 Å². The number of aliphatic hydroxyl groups is 1. The van der Waals surface area contributed by atoms with Crippen molar-refractivity contribution in [2.75, 3.05) is 0 Å². The minimum Gasteiger partial charge on any atom is -0.487 e. The zero-order valence-electron chi connectivity index (χ0n) is 9.51. The third-order valence-corrected chi connectivity index (χ3v) is 5.57. The number of hydrogen-bond donors (Lipinski definition) is 1. The highest BCUT2D eigenvalue weighted by atomic mass is 127. The van der Waals surface area contributed by atoms with E-state index in [0.29, 0.717) is 0 Å². The van der Waals surface area contributed by atoms with Gasteiger partial charge in [0.25, 0.3) is 0 Å². The van der Waals surface area contributed by atoms with E-state index in [2.05, 4.69) is 93.8 Å². The summed E-state index contributed by atoms with van der Waals surface area (Å²) in [5.74, 6) is 0.955. The number of hydrogen-bond acceptors (Lipinski definition) is 2. The number of rotatable bonds is 2. The van der Waals surface area contributed by atoms with Crippen LogP contribution in [-0.2, 0) is 0 Å². The summed E-state index contributed by atoms with van der Waals surface area (Å²) >= 11 is 6.92. The molecule has 1 fully saturated rings. The Morgan fingerprint density at radius 3 is 2.18 bits per heavy atom. The van der Waals surface area contributed by atoms with E-state index in [4.69, 9.17) is 4.74 Å². The molecule has 0 aliphatic heterocycles. The second-order valence-electron chi connectivity index (χ2n) is 4.88. The van der Waals surface area contributed by atoms with Gasteiger partial charge in [-0.1, -0.05) is 13.8 Å². The molecule has 1 saturated carbocycles. The molecule has 1 aliphatic rings. The van der Waals surface area contributed by atoms with Crippen molar-refractivity contribution in [3.63, 3.8) is 0 Å². The van der Waals surface area contributed by atoms with Crippen molar-refractivity contribution in [1.82, 2.24) is 0 Å². The number of halogens is 3. The Labute approximate surface area is 142 Å². The van der Waals surface area contributed by atoms with Crippen LogP contribution in [0.3, 0.4) is 0 Å². The van der Waals surface area contributed by atoms with Crippen molar-refractivity contribution in [2.45, 2.75) is 32.5 Å². The molecule has 0 amide bonds. The van der Waals surface area contributed by atoms with Gasteiger partial charge in [0.1, 0.15) is 11.9 Å². The molecule has 0 spiro atoms. The van der Waals surface area contributed by atoms with E-state index in [1.165, 1.54) is 3.57 Å². The lowest BCUT2D eigenvalue weighted by atomic mass is 9.66. The minimum absolute atomic E-state index is 0.111. The summed E-state index contributed by atoms with van der Waals surface area (Å²) in [4.78, 5) is 0. The van der Waals surface area contributed by atoms with Crippen LogP contribution in [0.15, 0.2) is 12.1 Å². The molecule has 0 radical (unpaired) electrons. The Kier molecular flexibility index (Phi) is 4.52. The first-order valence-electron chi connectivity index (χ1n) is 5.31. The molecule has 0 aromatic heterocycles. The highest BCUT2D eigenvalue weighted by molar-refractivity contribution is 14.1. The Bertz CT molecular complexity index is 422. The van der Waals surface area contributed by atoms with Crippen LogP contribution in [0, 0.1) is 16.1 Å². The molecule has 2 nitrogen and oxygen atoms in total. The second kappa shape index (κ2) is 5.28. The fourth-order valence-electron chi connectivity index (χ4n) is 1.85. The van der Waals surface area contributed by atoms with Crippen molar-refractivity contribution < 1.29 is 9.84 Å². The van der Waals surface area contributed by atoms with Crippen LogP contribution in [0.4, 0.5) is 0 Å². The van der Waals surface area contributed by atoms with E-state index >= 15 is 0 Å². The molecule has 94 valence electrons. The average molecular weight is 570 g/mol. The fraction of sp³-hybridized carbons (Fsp3) is 0.500.